The molecule has 1 saturated heterocycles. The lowest BCUT2D eigenvalue weighted by Crippen LogP contribution is -2.28. The molecule has 1 aromatic heterocycles. The average Bonchev–Trinajstić information content (AvgIpc) is 3.10. The molecule has 1 aromatic rings. The zero-order valence-corrected chi connectivity index (χ0v) is 11.0. The quantitative estimate of drug-likeness (QED) is 0.847. The van der Waals surface area contributed by atoms with E-state index in [2.05, 4.69) is 20.2 Å². The molecule has 6 nitrogen and oxygen atoms in total. The second-order valence-electron chi connectivity index (χ2n) is 5.38. The summed E-state index contributed by atoms with van der Waals surface area (Å²) in [7, 11) is 0. The second kappa shape index (κ2) is 4.77. The van der Waals surface area contributed by atoms with Crippen LogP contribution in [0.2, 0.25) is 0 Å². The van der Waals surface area contributed by atoms with Crippen LogP contribution in [0.1, 0.15) is 35.4 Å². The molecule has 0 aromatic carbocycles. The molecule has 1 aliphatic heterocycles. The summed E-state index contributed by atoms with van der Waals surface area (Å²) in [6, 6.07) is 2.59. The van der Waals surface area contributed by atoms with Gasteiger partial charge >= 0.3 is 5.97 Å². The Morgan fingerprint density at radius 2 is 2.21 bits per heavy atom. The highest BCUT2D eigenvalue weighted by Gasteiger charge is 2.34. The Labute approximate surface area is 111 Å². The lowest BCUT2D eigenvalue weighted by molar-refractivity contribution is 0.0690. The van der Waals surface area contributed by atoms with Crippen LogP contribution >= 0.6 is 0 Å². The van der Waals surface area contributed by atoms with Crippen LogP contribution in [-0.4, -0.2) is 51.1 Å². The number of carbonyl (C=O) groups is 1. The van der Waals surface area contributed by atoms with E-state index in [4.69, 9.17) is 5.11 Å². The monoisotopic (exact) mass is 262 g/mol. The Kier molecular flexibility index (Phi) is 3.10. The lowest BCUT2D eigenvalue weighted by atomic mass is 10.3. The summed E-state index contributed by atoms with van der Waals surface area (Å²) < 4.78 is 0. The predicted molar refractivity (Wildman–Crippen MR) is 70.4 cm³/mol. The maximum absolute atomic E-state index is 11.0. The van der Waals surface area contributed by atoms with E-state index in [-0.39, 0.29) is 5.69 Å². The van der Waals surface area contributed by atoms with Gasteiger partial charge in [0.25, 0.3) is 0 Å². The molecule has 1 saturated carbocycles. The van der Waals surface area contributed by atoms with Crippen molar-refractivity contribution in [1.29, 1.82) is 0 Å². The third-order valence-corrected chi connectivity index (χ3v) is 3.69. The van der Waals surface area contributed by atoms with E-state index in [9.17, 15) is 4.79 Å². The summed E-state index contributed by atoms with van der Waals surface area (Å²) in [6.07, 6.45) is 3.70. The van der Waals surface area contributed by atoms with Crippen LogP contribution in [0.4, 0.5) is 5.95 Å². The van der Waals surface area contributed by atoms with E-state index in [1.165, 1.54) is 18.9 Å². The highest BCUT2D eigenvalue weighted by molar-refractivity contribution is 5.85. The summed E-state index contributed by atoms with van der Waals surface area (Å²) in [5.41, 5.74) is 0.721. The zero-order valence-electron chi connectivity index (χ0n) is 11.0. The van der Waals surface area contributed by atoms with Gasteiger partial charge in [0, 0.05) is 30.9 Å². The van der Waals surface area contributed by atoms with E-state index in [0.717, 1.165) is 25.6 Å². The molecule has 2 heterocycles. The number of aryl methyl sites for hydroxylation is 1. The van der Waals surface area contributed by atoms with Gasteiger partial charge in [0.2, 0.25) is 5.95 Å². The van der Waals surface area contributed by atoms with Crippen LogP contribution in [0.15, 0.2) is 6.07 Å². The van der Waals surface area contributed by atoms with E-state index in [0.29, 0.717) is 17.7 Å². The zero-order chi connectivity index (χ0) is 13.4. The number of aromatic carboxylic acids is 1. The Morgan fingerprint density at radius 3 is 2.89 bits per heavy atom. The van der Waals surface area contributed by atoms with Crippen molar-refractivity contribution in [3.63, 3.8) is 0 Å². The maximum atomic E-state index is 11.0. The minimum Gasteiger partial charge on any atom is -0.477 e. The predicted octanol–water partition coefficient (Wildman–Crippen LogP) is 1.13. The molecular formula is C13H18N4O2. The normalized spacial score (nSPS) is 23.5. The molecule has 0 amide bonds. The van der Waals surface area contributed by atoms with E-state index < -0.39 is 5.97 Å². The fourth-order valence-electron chi connectivity index (χ4n) is 2.60. The van der Waals surface area contributed by atoms with Crippen LogP contribution < -0.4 is 5.32 Å². The number of anilines is 1. The summed E-state index contributed by atoms with van der Waals surface area (Å²) in [4.78, 5) is 21.8. The molecule has 1 atom stereocenters. The molecule has 0 bridgehead atoms. The van der Waals surface area contributed by atoms with Gasteiger partial charge in [-0.3, -0.25) is 4.90 Å². The average molecular weight is 262 g/mol. The summed E-state index contributed by atoms with van der Waals surface area (Å²) in [5.74, 6) is -0.584. The van der Waals surface area contributed by atoms with Gasteiger partial charge in [0.15, 0.2) is 5.69 Å². The number of hydrogen-bond donors (Lipinski definition) is 2. The highest BCUT2D eigenvalue weighted by Crippen LogP contribution is 2.30. The standard InChI is InChI=1S/C13H18N4O2/c1-8-6-11(12(18)19)16-13(14-8)15-9-4-5-17(7-9)10-2-3-10/h6,9-10H,2-5,7H2,1H3,(H,18,19)(H,14,15,16). The fraction of sp³-hybridized carbons (Fsp3) is 0.615. The van der Waals surface area contributed by atoms with Gasteiger partial charge < -0.3 is 10.4 Å². The molecule has 6 heteroatoms. The number of carboxylic acid groups (broad SMARTS) is 1. The van der Waals surface area contributed by atoms with E-state index >= 15 is 0 Å². The smallest absolute Gasteiger partial charge is 0.354 e. The van der Waals surface area contributed by atoms with Crippen molar-refractivity contribution in [3.8, 4) is 0 Å². The topological polar surface area (TPSA) is 78.3 Å². The summed E-state index contributed by atoms with van der Waals surface area (Å²) >= 11 is 0. The van der Waals surface area contributed by atoms with Gasteiger partial charge in [0.1, 0.15) is 0 Å². The molecule has 0 spiro atoms. The van der Waals surface area contributed by atoms with Crippen LogP contribution in [0.5, 0.6) is 0 Å². The van der Waals surface area contributed by atoms with E-state index in [1.807, 2.05) is 0 Å². The van der Waals surface area contributed by atoms with Gasteiger partial charge in [-0.05, 0) is 32.3 Å². The minimum atomic E-state index is -1.01. The van der Waals surface area contributed by atoms with Crippen molar-refractivity contribution >= 4 is 11.9 Å². The van der Waals surface area contributed by atoms with Crippen LogP contribution in [0, 0.1) is 6.92 Å². The van der Waals surface area contributed by atoms with Gasteiger partial charge in [0.05, 0.1) is 0 Å². The number of nitrogens with zero attached hydrogens (tertiary/aromatic N) is 3. The first-order valence-electron chi connectivity index (χ1n) is 6.71. The molecule has 102 valence electrons. The molecule has 2 fully saturated rings. The van der Waals surface area contributed by atoms with Gasteiger partial charge in [-0.1, -0.05) is 0 Å². The fourth-order valence-corrected chi connectivity index (χ4v) is 2.60. The molecule has 1 unspecified atom stereocenters. The molecule has 19 heavy (non-hydrogen) atoms. The first-order valence-corrected chi connectivity index (χ1v) is 6.71. The van der Waals surface area contributed by atoms with Crippen LogP contribution in [0.3, 0.4) is 0 Å². The molecular weight excluding hydrogens is 244 g/mol. The highest BCUT2D eigenvalue weighted by atomic mass is 16.4. The Hall–Kier alpha value is -1.69. The van der Waals surface area contributed by atoms with Gasteiger partial charge in [-0.2, -0.15) is 0 Å². The molecule has 2 aliphatic rings. The lowest BCUT2D eigenvalue weighted by Gasteiger charge is -2.16. The molecule has 0 radical (unpaired) electrons. The van der Waals surface area contributed by atoms with Crippen molar-refractivity contribution in [3.05, 3.63) is 17.5 Å². The Bertz CT molecular complexity index is 501. The third-order valence-electron chi connectivity index (χ3n) is 3.69. The minimum absolute atomic E-state index is 0.0482. The Morgan fingerprint density at radius 1 is 1.42 bits per heavy atom. The first-order chi connectivity index (χ1) is 9.11. The number of nitrogens with one attached hydrogen (secondary N) is 1. The SMILES string of the molecule is Cc1cc(C(=O)O)nc(NC2CCN(C3CC3)C2)n1. The summed E-state index contributed by atoms with van der Waals surface area (Å²) in [6.45, 7) is 3.90. The van der Waals surface area contributed by atoms with Crippen molar-refractivity contribution in [2.75, 3.05) is 18.4 Å². The van der Waals surface area contributed by atoms with Crippen molar-refractivity contribution in [1.82, 2.24) is 14.9 Å². The van der Waals surface area contributed by atoms with Crippen molar-refractivity contribution in [2.24, 2.45) is 0 Å². The first kappa shape index (κ1) is 12.3. The number of carboxylic acids is 1. The largest absolute Gasteiger partial charge is 0.477 e. The van der Waals surface area contributed by atoms with Crippen LogP contribution in [0.25, 0.3) is 0 Å². The van der Waals surface area contributed by atoms with E-state index in [1.54, 1.807) is 6.92 Å². The molecule has 2 N–H and O–H groups in total. The maximum Gasteiger partial charge on any atom is 0.354 e. The molecule has 1 aliphatic carbocycles. The molecule has 3 rings (SSSR count). The number of aromatic nitrogens is 2. The van der Waals surface area contributed by atoms with Gasteiger partial charge in [-0.15, -0.1) is 0 Å². The second-order valence-corrected chi connectivity index (χ2v) is 5.38. The number of hydrogen-bond acceptors (Lipinski definition) is 5. The third kappa shape index (κ3) is 2.84. The Balaban J connectivity index is 1.67. The van der Waals surface area contributed by atoms with Crippen molar-refractivity contribution < 1.29 is 9.90 Å². The van der Waals surface area contributed by atoms with Gasteiger partial charge in [-0.25, -0.2) is 14.8 Å². The van der Waals surface area contributed by atoms with Crippen LogP contribution in [-0.2, 0) is 0 Å². The summed E-state index contributed by atoms with van der Waals surface area (Å²) in [5, 5.41) is 12.3. The number of rotatable bonds is 4. The number of likely N-dealkylation sites (tertiary alicyclic amines) is 1. The van der Waals surface area contributed by atoms with Crippen molar-refractivity contribution in [2.45, 2.75) is 38.3 Å².